The zero-order valence-corrected chi connectivity index (χ0v) is 10.7. The van der Waals surface area contributed by atoms with Gasteiger partial charge in [-0.3, -0.25) is 0 Å². The summed E-state index contributed by atoms with van der Waals surface area (Å²) in [6.45, 7) is 3.83. The van der Waals surface area contributed by atoms with Crippen LogP contribution in [0.2, 0.25) is 0 Å². The number of aromatic nitrogens is 2. The summed E-state index contributed by atoms with van der Waals surface area (Å²) < 4.78 is 9.64. The number of hydrogen-bond donors (Lipinski definition) is 1. The summed E-state index contributed by atoms with van der Waals surface area (Å²) in [5.41, 5.74) is 0.00398. The summed E-state index contributed by atoms with van der Waals surface area (Å²) in [5.74, 6) is -1.24. The molecule has 6 nitrogen and oxygen atoms in total. The largest absolute Gasteiger partial charge is 0.461 e. The minimum Gasteiger partial charge on any atom is -0.461 e. The minimum atomic E-state index is -0.632. The Morgan fingerprint density at radius 2 is 1.82 bits per heavy atom. The molecule has 1 rings (SSSR count). The molecule has 0 aliphatic rings. The van der Waals surface area contributed by atoms with Crippen molar-refractivity contribution in [2.45, 2.75) is 19.0 Å². The molecule has 0 unspecified atom stereocenters. The molecule has 94 valence electrons. The predicted molar refractivity (Wildman–Crippen MR) is 62.3 cm³/mol. The number of rotatable bonds is 5. The maximum Gasteiger partial charge on any atom is 0.359 e. The molecule has 0 saturated carbocycles. The van der Waals surface area contributed by atoms with Crippen LogP contribution in [0, 0.1) is 0 Å². The first-order valence-corrected chi connectivity index (χ1v) is 6.34. The Labute approximate surface area is 103 Å². The highest BCUT2D eigenvalue weighted by Crippen LogP contribution is 2.16. The van der Waals surface area contributed by atoms with Crippen LogP contribution in [0.3, 0.4) is 0 Å². The van der Waals surface area contributed by atoms with E-state index in [1.165, 1.54) is 11.8 Å². The van der Waals surface area contributed by atoms with Gasteiger partial charge in [0.25, 0.3) is 0 Å². The highest BCUT2D eigenvalue weighted by Gasteiger charge is 2.24. The van der Waals surface area contributed by atoms with E-state index in [9.17, 15) is 9.59 Å². The zero-order valence-electron chi connectivity index (χ0n) is 9.90. The number of esters is 2. The van der Waals surface area contributed by atoms with E-state index in [1.807, 2.05) is 0 Å². The van der Waals surface area contributed by atoms with E-state index in [-0.39, 0.29) is 24.6 Å². The molecular weight excluding hydrogens is 244 g/mol. The lowest BCUT2D eigenvalue weighted by Crippen LogP contribution is -2.13. The maximum atomic E-state index is 11.6. The number of nitrogens with one attached hydrogen (secondary N) is 1. The lowest BCUT2D eigenvalue weighted by atomic mass is 10.3. The van der Waals surface area contributed by atoms with Gasteiger partial charge in [-0.25, -0.2) is 14.6 Å². The molecule has 1 aromatic heterocycles. The second kappa shape index (κ2) is 6.29. The lowest BCUT2D eigenvalue weighted by Gasteiger charge is -2.01. The van der Waals surface area contributed by atoms with Crippen LogP contribution in [0.25, 0.3) is 0 Å². The molecule has 0 bridgehead atoms. The van der Waals surface area contributed by atoms with Crippen LogP contribution in [-0.4, -0.2) is 41.4 Å². The Bertz CT molecular complexity index is 381. The van der Waals surface area contributed by atoms with Crippen molar-refractivity contribution in [3.05, 3.63) is 11.4 Å². The number of thioether (sulfide) groups is 1. The van der Waals surface area contributed by atoms with Crippen LogP contribution in [-0.2, 0) is 9.47 Å². The minimum absolute atomic E-state index is 0.0327. The molecular formula is C10H14N2O4S. The van der Waals surface area contributed by atoms with Gasteiger partial charge in [0.2, 0.25) is 0 Å². The third-order valence-corrected chi connectivity index (χ3v) is 2.40. The fraction of sp³-hybridized carbons (Fsp3) is 0.500. The molecule has 0 saturated heterocycles. The van der Waals surface area contributed by atoms with Gasteiger partial charge in [-0.05, 0) is 20.1 Å². The number of ether oxygens (including phenoxy) is 2. The van der Waals surface area contributed by atoms with Gasteiger partial charge in [0.05, 0.1) is 13.2 Å². The Morgan fingerprint density at radius 3 is 2.35 bits per heavy atom. The Morgan fingerprint density at radius 1 is 1.24 bits per heavy atom. The van der Waals surface area contributed by atoms with Crippen molar-refractivity contribution >= 4 is 23.7 Å². The van der Waals surface area contributed by atoms with E-state index in [2.05, 4.69) is 9.97 Å². The standard InChI is InChI=1S/C10H14N2O4S/c1-4-15-8(13)6-7(9(14)16-5-2)12-10(11-6)17-3/h4-5H2,1-3H3,(H,11,12). The van der Waals surface area contributed by atoms with Crippen molar-refractivity contribution in [3.8, 4) is 0 Å². The molecule has 0 aliphatic carbocycles. The summed E-state index contributed by atoms with van der Waals surface area (Å²) >= 11 is 1.29. The second-order valence-corrected chi connectivity index (χ2v) is 3.71. The third kappa shape index (κ3) is 3.23. The van der Waals surface area contributed by atoms with Gasteiger partial charge in [0, 0.05) is 0 Å². The van der Waals surface area contributed by atoms with Crippen LogP contribution < -0.4 is 0 Å². The van der Waals surface area contributed by atoms with Crippen molar-refractivity contribution in [1.29, 1.82) is 0 Å². The summed E-state index contributed by atoms with van der Waals surface area (Å²) in [6.07, 6.45) is 1.78. The fourth-order valence-electron chi connectivity index (χ4n) is 1.15. The normalized spacial score (nSPS) is 10.1. The first-order chi connectivity index (χ1) is 8.13. The van der Waals surface area contributed by atoms with E-state index < -0.39 is 11.9 Å². The molecule has 0 atom stereocenters. The predicted octanol–water partition coefficient (Wildman–Crippen LogP) is 1.49. The van der Waals surface area contributed by atoms with E-state index in [0.29, 0.717) is 5.16 Å². The molecule has 0 radical (unpaired) electrons. The third-order valence-electron chi connectivity index (χ3n) is 1.82. The molecule has 0 amide bonds. The Kier molecular flexibility index (Phi) is 5.02. The Hall–Kier alpha value is -1.50. The summed E-state index contributed by atoms with van der Waals surface area (Å²) in [4.78, 5) is 29.9. The number of H-pyrrole nitrogens is 1. The van der Waals surface area contributed by atoms with Gasteiger partial charge < -0.3 is 14.5 Å². The molecule has 0 spiro atoms. The number of carbonyl (C=O) groups is 2. The number of carbonyl (C=O) groups excluding carboxylic acids is 2. The average molecular weight is 258 g/mol. The molecule has 0 aromatic carbocycles. The van der Waals surface area contributed by atoms with Crippen LogP contribution in [0.15, 0.2) is 5.16 Å². The van der Waals surface area contributed by atoms with Gasteiger partial charge in [0.1, 0.15) is 0 Å². The van der Waals surface area contributed by atoms with Gasteiger partial charge in [-0.1, -0.05) is 11.8 Å². The van der Waals surface area contributed by atoms with Crippen LogP contribution in [0.1, 0.15) is 34.8 Å². The van der Waals surface area contributed by atoms with Gasteiger partial charge in [0.15, 0.2) is 16.5 Å². The topological polar surface area (TPSA) is 81.3 Å². The van der Waals surface area contributed by atoms with Crippen molar-refractivity contribution in [3.63, 3.8) is 0 Å². The Balaban J connectivity index is 3.05. The van der Waals surface area contributed by atoms with Gasteiger partial charge in [-0.15, -0.1) is 0 Å². The first kappa shape index (κ1) is 13.6. The van der Waals surface area contributed by atoms with E-state index in [1.54, 1.807) is 20.1 Å². The quantitative estimate of drug-likeness (QED) is 0.636. The number of hydrogen-bond acceptors (Lipinski definition) is 6. The first-order valence-electron chi connectivity index (χ1n) is 5.12. The molecule has 1 aromatic rings. The van der Waals surface area contributed by atoms with Crippen molar-refractivity contribution in [2.24, 2.45) is 0 Å². The van der Waals surface area contributed by atoms with E-state index in [4.69, 9.17) is 9.47 Å². The van der Waals surface area contributed by atoms with E-state index >= 15 is 0 Å². The van der Waals surface area contributed by atoms with Crippen LogP contribution >= 0.6 is 11.8 Å². The summed E-state index contributed by atoms with van der Waals surface area (Å²) in [6, 6.07) is 0. The summed E-state index contributed by atoms with van der Waals surface area (Å²) in [5, 5.41) is 0.469. The smallest absolute Gasteiger partial charge is 0.359 e. The fourth-order valence-corrected chi connectivity index (χ4v) is 1.53. The van der Waals surface area contributed by atoms with Crippen molar-refractivity contribution in [2.75, 3.05) is 19.5 Å². The van der Waals surface area contributed by atoms with Crippen molar-refractivity contribution < 1.29 is 19.1 Å². The monoisotopic (exact) mass is 258 g/mol. The van der Waals surface area contributed by atoms with Gasteiger partial charge >= 0.3 is 11.9 Å². The lowest BCUT2D eigenvalue weighted by molar-refractivity contribution is 0.0471. The SMILES string of the molecule is CCOC(=O)c1nc(SC)[nH]c1C(=O)OCC. The second-order valence-electron chi connectivity index (χ2n) is 2.91. The van der Waals surface area contributed by atoms with Crippen LogP contribution in [0.5, 0.6) is 0 Å². The highest BCUT2D eigenvalue weighted by atomic mass is 32.2. The summed E-state index contributed by atoms with van der Waals surface area (Å²) in [7, 11) is 0. The maximum absolute atomic E-state index is 11.6. The number of nitrogens with zero attached hydrogens (tertiary/aromatic N) is 1. The molecule has 0 fully saturated rings. The molecule has 7 heteroatoms. The molecule has 1 N–H and O–H groups in total. The molecule has 1 heterocycles. The molecule has 0 aliphatic heterocycles. The van der Waals surface area contributed by atoms with E-state index in [0.717, 1.165) is 0 Å². The number of imidazole rings is 1. The molecule has 17 heavy (non-hydrogen) atoms. The van der Waals surface area contributed by atoms with Gasteiger partial charge in [-0.2, -0.15) is 0 Å². The average Bonchev–Trinajstić information content (AvgIpc) is 2.73. The van der Waals surface area contributed by atoms with Crippen molar-refractivity contribution in [1.82, 2.24) is 9.97 Å². The zero-order chi connectivity index (χ0) is 12.8. The highest BCUT2D eigenvalue weighted by molar-refractivity contribution is 7.98. The number of aromatic amines is 1. The van der Waals surface area contributed by atoms with Crippen LogP contribution in [0.4, 0.5) is 0 Å².